The highest BCUT2D eigenvalue weighted by molar-refractivity contribution is 7.92. The zero-order valence-electron chi connectivity index (χ0n) is 15.7. The van der Waals surface area contributed by atoms with Gasteiger partial charge in [-0.25, -0.2) is 13.9 Å². The van der Waals surface area contributed by atoms with Crippen molar-refractivity contribution in [3.05, 3.63) is 48.5 Å². The topological polar surface area (TPSA) is 134 Å². The Morgan fingerprint density at radius 1 is 1.17 bits per heavy atom. The first-order valence-electron chi connectivity index (χ1n) is 8.85. The molecule has 156 valence electrons. The largest absolute Gasteiger partial charge is 0.497 e. The Balaban J connectivity index is 1.84. The van der Waals surface area contributed by atoms with E-state index in [9.17, 15) is 18.3 Å². The number of sulfone groups is 1. The summed E-state index contributed by atoms with van der Waals surface area (Å²) in [6.45, 7) is 0.0161. The van der Waals surface area contributed by atoms with E-state index >= 15 is 0 Å². The Morgan fingerprint density at radius 2 is 1.86 bits per heavy atom. The van der Waals surface area contributed by atoms with Gasteiger partial charge in [-0.05, 0) is 49.4 Å². The molecule has 0 aliphatic carbocycles. The fourth-order valence-corrected chi connectivity index (χ4v) is 5.24. The number of benzene rings is 2. The second-order valence-corrected chi connectivity index (χ2v) is 8.75. The van der Waals surface area contributed by atoms with Crippen LogP contribution in [0.4, 0.5) is 0 Å². The van der Waals surface area contributed by atoms with Crippen LogP contribution in [0.2, 0.25) is 0 Å². The van der Waals surface area contributed by atoms with Crippen molar-refractivity contribution in [3.8, 4) is 17.2 Å². The molecule has 10 heteroatoms. The lowest BCUT2D eigenvalue weighted by Gasteiger charge is -2.37. The quantitative estimate of drug-likeness (QED) is 0.398. The van der Waals surface area contributed by atoms with Gasteiger partial charge in [0.1, 0.15) is 22.5 Å². The summed E-state index contributed by atoms with van der Waals surface area (Å²) in [5.41, 5.74) is -0.939. The molecule has 2 aromatic carbocycles. The summed E-state index contributed by atoms with van der Waals surface area (Å²) in [6, 6.07) is 12.6. The highest BCUT2D eigenvalue weighted by atomic mass is 32.2. The van der Waals surface area contributed by atoms with Gasteiger partial charge in [-0.3, -0.25) is 10.0 Å². The summed E-state index contributed by atoms with van der Waals surface area (Å²) in [7, 11) is -2.52. The Morgan fingerprint density at radius 3 is 2.52 bits per heavy atom. The van der Waals surface area contributed by atoms with E-state index in [4.69, 9.17) is 14.7 Å². The molecule has 1 aliphatic heterocycles. The fraction of sp³-hybridized carbons (Fsp3) is 0.316. The molecule has 0 bridgehead atoms. The highest BCUT2D eigenvalue weighted by Crippen LogP contribution is 2.31. The van der Waals surface area contributed by atoms with E-state index in [0.717, 1.165) is 0 Å². The molecule has 0 saturated carbocycles. The molecule has 3 rings (SSSR count). The van der Waals surface area contributed by atoms with E-state index in [0.29, 0.717) is 23.8 Å². The van der Waals surface area contributed by atoms with Crippen LogP contribution in [-0.2, 0) is 14.6 Å². The lowest BCUT2D eigenvalue weighted by Crippen LogP contribution is -2.65. The van der Waals surface area contributed by atoms with Crippen LogP contribution in [0.1, 0.15) is 6.42 Å². The van der Waals surface area contributed by atoms with E-state index in [2.05, 4.69) is 5.32 Å². The van der Waals surface area contributed by atoms with Crippen LogP contribution in [0.15, 0.2) is 53.4 Å². The predicted octanol–water partition coefficient (Wildman–Crippen LogP) is 0.860. The molecular formula is C19H22N2O7S. The van der Waals surface area contributed by atoms with Crippen molar-refractivity contribution in [2.24, 2.45) is 0 Å². The van der Waals surface area contributed by atoms with E-state index < -0.39 is 26.6 Å². The van der Waals surface area contributed by atoms with E-state index in [-0.39, 0.29) is 17.9 Å². The first kappa shape index (κ1) is 21.1. The number of methoxy groups -OCH3 is 1. The minimum atomic E-state index is -4.06. The number of hydrogen-bond acceptors (Lipinski definition) is 8. The van der Waals surface area contributed by atoms with Crippen molar-refractivity contribution >= 4 is 15.7 Å². The van der Waals surface area contributed by atoms with Crippen molar-refractivity contribution in [2.45, 2.75) is 22.2 Å². The monoisotopic (exact) mass is 422 g/mol. The maximum atomic E-state index is 13.1. The molecule has 9 nitrogen and oxygen atoms in total. The lowest BCUT2D eigenvalue weighted by molar-refractivity contribution is -0.149. The maximum Gasteiger partial charge on any atom is 0.277 e. The van der Waals surface area contributed by atoms with Gasteiger partial charge in [0.15, 0.2) is 15.4 Å². The Labute approximate surface area is 168 Å². The Bertz CT molecular complexity index is 978. The first-order valence-corrected chi connectivity index (χ1v) is 10.4. The Hall–Kier alpha value is -2.66. The minimum absolute atomic E-state index is 0.00825. The molecule has 0 spiro atoms. The third-order valence-electron chi connectivity index (χ3n) is 4.81. The molecule has 2 unspecified atom stereocenters. The zero-order valence-corrected chi connectivity index (χ0v) is 16.5. The molecule has 0 aromatic heterocycles. The van der Waals surface area contributed by atoms with Crippen LogP contribution in [0.5, 0.6) is 17.2 Å². The summed E-state index contributed by atoms with van der Waals surface area (Å²) in [5.74, 6) is 0.378. The molecule has 4 N–H and O–H groups in total. The van der Waals surface area contributed by atoms with Gasteiger partial charge < -0.3 is 19.9 Å². The van der Waals surface area contributed by atoms with E-state index in [1.54, 1.807) is 24.3 Å². The van der Waals surface area contributed by atoms with E-state index in [1.807, 2.05) is 0 Å². The first-order chi connectivity index (χ1) is 13.8. The number of ether oxygens (including phenoxy) is 2. The van der Waals surface area contributed by atoms with Crippen LogP contribution < -0.4 is 20.3 Å². The number of piperidine rings is 1. The second kappa shape index (κ2) is 8.37. The molecule has 2 aromatic rings. The van der Waals surface area contributed by atoms with Gasteiger partial charge in [0, 0.05) is 12.6 Å². The molecule has 1 amide bonds. The number of amides is 1. The molecule has 1 fully saturated rings. The molecule has 1 aliphatic rings. The average molecular weight is 422 g/mol. The molecule has 0 radical (unpaired) electrons. The minimum Gasteiger partial charge on any atom is -0.497 e. The van der Waals surface area contributed by atoms with Crippen molar-refractivity contribution in [1.82, 2.24) is 10.8 Å². The normalized spacial score (nSPS) is 22.0. The number of aliphatic hydroxyl groups is 1. The highest BCUT2D eigenvalue weighted by Gasteiger charge is 2.52. The Kier molecular flexibility index (Phi) is 6.08. The summed E-state index contributed by atoms with van der Waals surface area (Å²) in [5, 5.41) is 20.9. The zero-order chi connectivity index (χ0) is 21.1. The van der Waals surface area contributed by atoms with E-state index in [1.165, 1.54) is 36.9 Å². The molecular weight excluding hydrogens is 400 g/mol. The molecule has 2 atom stereocenters. The third kappa shape index (κ3) is 4.20. The van der Waals surface area contributed by atoms with Crippen LogP contribution in [0.25, 0.3) is 0 Å². The van der Waals surface area contributed by atoms with Crippen LogP contribution in [-0.4, -0.2) is 55.7 Å². The third-order valence-corrected chi connectivity index (χ3v) is 7.11. The maximum absolute atomic E-state index is 13.1. The van der Waals surface area contributed by atoms with Gasteiger partial charge in [-0.2, -0.15) is 0 Å². The van der Waals surface area contributed by atoms with Crippen molar-refractivity contribution < 1.29 is 33.0 Å². The van der Waals surface area contributed by atoms with Gasteiger partial charge >= 0.3 is 0 Å². The van der Waals surface area contributed by atoms with Crippen LogP contribution in [0, 0.1) is 0 Å². The van der Waals surface area contributed by atoms with Crippen LogP contribution in [0.3, 0.4) is 0 Å². The molecule has 29 heavy (non-hydrogen) atoms. The van der Waals surface area contributed by atoms with Gasteiger partial charge in [0.05, 0.1) is 12.0 Å². The predicted molar refractivity (Wildman–Crippen MR) is 103 cm³/mol. The lowest BCUT2D eigenvalue weighted by atomic mass is 9.93. The number of carbonyl (C=O) groups excluding carboxylic acids is 1. The van der Waals surface area contributed by atoms with Gasteiger partial charge in [-0.15, -0.1) is 0 Å². The fourth-order valence-electron chi connectivity index (χ4n) is 3.26. The number of hydroxylamine groups is 1. The number of rotatable bonds is 6. The SMILES string of the molecule is COc1cccc(Oc2ccc(S(=O)(=O)C3CCNCC3(O)C(=O)NO)cc2)c1. The number of carbonyl (C=O) groups is 1. The van der Waals surface area contributed by atoms with Crippen molar-refractivity contribution in [2.75, 3.05) is 20.2 Å². The van der Waals surface area contributed by atoms with Crippen LogP contribution >= 0.6 is 0 Å². The molecule has 1 saturated heterocycles. The van der Waals surface area contributed by atoms with Gasteiger partial charge in [-0.1, -0.05) is 6.07 Å². The average Bonchev–Trinajstić information content (AvgIpc) is 2.73. The number of hydrogen-bond donors (Lipinski definition) is 4. The summed E-state index contributed by atoms with van der Waals surface area (Å²) >= 11 is 0. The molecule has 1 heterocycles. The van der Waals surface area contributed by atoms with Crippen molar-refractivity contribution in [3.63, 3.8) is 0 Å². The van der Waals surface area contributed by atoms with Gasteiger partial charge in [0.2, 0.25) is 0 Å². The van der Waals surface area contributed by atoms with Gasteiger partial charge in [0.25, 0.3) is 5.91 Å². The number of nitrogens with one attached hydrogen (secondary N) is 2. The summed E-state index contributed by atoms with van der Waals surface area (Å²) in [6.07, 6.45) is 0.00825. The summed E-state index contributed by atoms with van der Waals surface area (Å²) < 4.78 is 37.0. The standard InChI is InChI=1S/C19H22N2O7S/c1-27-14-3-2-4-15(11-14)28-13-5-7-16(8-6-13)29(25,26)17-9-10-20-12-19(17,23)18(22)21-24/h2-8,11,17,20,23-24H,9-10,12H2,1H3,(H,21,22). The smallest absolute Gasteiger partial charge is 0.277 e. The van der Waals surface area contributed by atoms with Crippen molar-refractivity contribution in [1.29, 1.82) is 0 Å². The summed E-state index contributed by atoms with van der Waals surface area (Å²) in [4.78, 5) is 11.9. The number of β-amino-alcohol motifs (C(OH)–C–C–N with tert-alkyl or cyclic N) is 1. The second-order valence-electron chi connectivity index (χ2n) is 6.62.